The molecule has 2 aromatic carbocycles. The van der Waals surface area contributed by atoms with Crippen molar-refractivity contribution in [3.63, 3.8) is 0 Å². The lowest BCUT2D eigenvalue weighted by molar-refractivity contribution is 0.102. The van der Waals surface area contributed by atoms with Crippen molar-refractivity contribution in [2.75, 3.05) is 25.3 Å². The highest BCUT2D eigenvalue weighted by Gasteiger charge is 2.13. The molecule has 0 radical (unpaired) electrons. The zero-order valence-electron chi connectivity index (χ0n) is 11.6. The van der Waals surface area contributed by atoms with Crippen LogP contribution in [-0.4, -0.2) is 20.1 Å². The van der Waals surface area contributed by atoms with Crippen LogP contribution in [0.1, 0.15) is 10.4 Å². The zero-order valence-corrected chi connectivity index (χ0v) is 13.2. The Morgan fingerprint density at radius 3 is 2.43 bits per heavy atom. The van der Waals surface area contributed by atoms with Crippen LogP contribution < -0.4 is 20.5 Å². The number of anilines is 2. The highest BCUT2D eigenvalue weighted by atomic mass is 79.9. The van der Waals surface area contributed by atoms with E-state index in [-0.39, 0.29) is 5.91 Å². The second kappa shape index (κ2) is 6.49. The van der Waals surface area contributed by atoms with Gasteiger partial charge in [-0.1, -0.05) is 0 Å². The number of carbonyl (C=O) groups is 1. The molecule has 0 fully saturated rings. The Balaban J connectivity index is 2.24. The van der Waals surface area contributed by atoms with Crippen LogP contribution >= 0.6 is 15.9 Å². The summed E-state index contributed by atoms with van der Waals surface area (Å²) in [6.07, 6.45) is 0. The maximum atomic E-state index is 12.3. The van der Waals surface area contributed by atoms with Crippen molar-refractivity contribution in [3.8, 4) is 11.5 Å². The van der Waals surface area contributed by atoms with E-state index in [0.717, 1.165) is 4.47 Å². The first-order valence-corrected chi connectivity index (χ1v) is 6.93. The Morgan fingerprint density at radius 1 is 1.10 bits per heavy atom. The number of ether oxygens (including phenoxy) is 2. The van der Waals surface area contributed by atoms with Crippen molar-refractivity contribution in [2.45, 2.75) is 0 Å². The number of rotatable bonds is 4. The van der Waals surface area contributed by atoms with E-state index in [1.807, 2.05) is 0 Å². The minimum absolute atomic E-state index is 0.274. The first kappa shape index (κ1) is 15.2. The number of halogens is 1. The number of nitrogen functional groups attached to an aromatic ring is 1. The molecule has 0 heterocycles. The van der Waals surface area contributed by atoms with Gasteiger partial charge in [0.15, 0.2) is 0 Å². The van der Waals surface area contributed by atoms with Gasteiger partial charge in [-0.2, -0.15) is 0 Å². The van der Waals surface area contributed by atoms with E-state index in [1.54, 1.807) is 43.5 Å². The summed E-state index contributed by atoms with van der Waals surface area (Å²) in [5.41, 5.74) is 7.27. The summed E-state index contributed by atoms with van der Waals surface area (Å²) < 4.78 is 11.1. The first-order valence-electron chi connectivity index (χ1n) is 6.13. The second-order valence-electron chi connectivity index (χ2n) is 4.26. The minimum Gasteiger partial charge on any atom is -0.496 e. The molecule has 6 heteroatoms. The molecule has 0 atom stereocenters. The fraction of sp³-hybridized carbons (Fsp3) is 0.133. The molecule has 0 aliphatic rings. The molecule has 1 amide bonds. The number of hydrogen-bond acceptors (Lipinski definition) is 4. The molecule has 0 aliphatic carbocycles. The maximum Gasteiger partial charge on any atom is 0.259 e. The molecule has 0 saturated heterocycles. The summed E-state index contributed by atoms with van der Waals surface area (Å²) in [6.45, 7) is 0. The normalized spacial score (nSPS) is 10.0. The van der Waals surface area contributed by atoms with Gasteiger partial charge in [0.05, 0.1) is 24.3 Å². The Morgan fingerprint density at radius 2 is 1.81 bits per heavy atom. The lowest BCUT2D eigenvalue weighted by atomic mass is 10.1. The highest BCUT2D eigenvalue weighted by molar-refractivity contribution is 9.10. The average molecular weight is 351 g/mol. The van der Waals surface area contributed by atoms with Gasteiger partial charge in [0.1, 0.15) is 11.5 Å². The first-order chi connectivity index (χ1) is 10.0. The summed E-state index contributed by atoms with van der Waals surface area (Å²) in [5, 5.41) is 2.80. The summed E-state index contributed by atoms with van der Waals surface area (Å²) in [6, 6.07) is 10.2. The fourth-order valence-corrected chi connectivity index (χ4v) is 2.38. The van der Waals surface area contributed by atoms with Crippen LogP contribution in [0.3, 0.4) is 0 Å². The van der Waals surface area contributed by atoms with Crippen molar-refractivity contribution in [1.29, 1.82) is 0 Å². The maximum absolute atomic E-state index is 12.3. The quantitative estimate of drug-likeness (QED) is 0.829. The zero-order chi connectivity index (χ0) is 15.4. The lowest BCUT2D eigenvalue weighted by Gasteiger charge is -2.11. The number of hydrogen-bond donors (Lipinski definition) is 2. The highest BCUT2D eigenvalue weighted by Crippen LogP contribution is 2.28. The van der Waals surface area contributed by atoms with Crippen LogP contribution in [0.25, 0.3) is 0 Å². The second-order valence-corrected chi connectivity index (χ2v) is 5.12. The van der Waals surface area contributed by atoms with E-state index in [1.165, 1.54) is 7.11 Å². The van der Waals surface area contributed by atoms with Crippen LogP contribution in [0.5, 0.6) is 11.5 Å². The van der Waals surface area contributed by atoms with Gasteiger partial charge in [-0.15, -0.1) is 0 Å². The molecule has 0 spiro atoms. The summed E-state index contributed by atoms with van der Waals surface area (Å²) >= 11 is 3.37. The molecule has 0 bridgehead atoms. The molecule has 0 aliphatic heterocycles. The lowest BCUT2D eigenvalue weighted by Crippen LogP contribution is -2.13. The molecular formula is C15H15BrN2O3. The molecule has 0 unspecified atom stereocenters. The molecule has 3 N–H and O–H groups in total. The number of nitrogens with two attached hydrogens (primary N) is 1. The molecule has 2 rings (SSSR count). The number of carbonyl (C=O) groups excluding carboxylic acids is 1. The SMILES string of the molecule is COc1ccc(NC(=O)c2ccc(N)cc2OC)cc1Br. The molecule has 21 heavy (non-hydrogen) atoms. The van der Waals surface area contributed by atoms with E-state index in [4.69, 9.17) is 15.2 Å². The predicted octanol–water partition coefficient (Wildman–Crippen LogP) is 3.30. The summed E-state index contributed by atoms with van der Waals surface area (Å²) in [4.78, 5) is 12.3. The number of methoxy groups -OCH3 is 2. The molecule has 0 saturated carbocycles. The third-order valence-electron chi connectivity index (χ3n) is 2.88. The third-order valence-corrected chi connectivity index (χ3v) is 3.50. The van der Waals surface area contributed by atoms with Crippen LogP contribution in [0.2, 0.25) is 0 Å². The Hall–Kier alpha value is -2.21. The molecular weight excluding hydrogens is 336 g/mol. The Bertz CT molecular complexity index is 674. The van der Waals surface area contributed by atoms with Crippen molar-refractivity contribution >= 4 is 33.2 Å². The average Bonchev–Trinajstić information content (AvgIpc) is 2.47. The van der Waals surface area contributed by atoms with Gasteiger partial charge in [-0.3, -0.25) is 4.79 Å². The molecule has 110 valence electrons. The number of nitrogens with one attached hydrogen (secondary N) is 1. The van der Waals surface area contributed by atoms with Gasteiger partial charge in [-0.25, -0.2) is 0 Å². The summed E-state index contributed by atoms with van der Waals surface area (Å²) in [7, 11) is 3.08. The van der Waals surface area contributed by atoms with Gasteiger partial charge in [-0.05, 0) is 46.3 Å². The van der Waals surface area contributed by atoms with Crippen molar-refractivity contribution < 1.29 is 14.3 Å². The molecule has 5 nitrogen and oxygen atoms in total. The standard InChI is InChI=1S/C15H15BrN2O3/c1-20-13-6-4-10(8-12(13)16)18-15(19)11-5-3-9(17)7-14(11)21-2/h3-8H,17H2,1-2H3,(H,18,19). The van der Waals surface area contributed by atoms with Crippen molar-refractivity contribution in [3.05, 3.63) is 46.4 Å². The Kier molecular flexibility index (Phi) is 4.70. The largest absolute Gasteiger partial charge is 0.496 e. The van der Waals surface area contributed by atoms with E-state index in [2.05, 4.69) is 21.2 Å². The molecule has 2 aromatic rings. The fourth-order valence-electron chi connectivity index (χ4n) is 1.84. The van der Waals surface area contributed by atoms with Gasteiger partial charge >= 0.3 is 0 Å². The van der Waals surface area contributed by atoms with Gasteiger partial charge < -0.3 is 20.5 Å². The van der Waals surface area contributed by atoms with E-state index in [9.17, 15) is 4.79 Å². The monoisotopic (exact) mass is 350 g/mol. The Labute approximate surface area is 131 Å². The van der Waals surface area contributed by atoms with E-state index in [0.29, 0.717) is 28.4 Å². The van der Waals surface area contributed by atoms with Crippen LogP contribution in [0.4, 0.5) is 11.4 Å². The van der Waals surface area contributed by atoms with Crippen LogP contribution in [-0.2, 0) is 0 Å². The van der Waals surface area contributed by atoms with E-state index >= 15 is 0 Å². The number of benzene rings is 2. The number of amides is 1. The molecule has 0 aromatic heterocycles. The van der Waals surface area contributed by atoms with Crippen molar-refractivity contribution in [2.24, 2.45) is 0 Å². The summed E-state index contributed by atoms with van der Waals surface area (Å²) in [5.74, 6) is 0.849. The minimum atomic E-state index is -0.274. The van der Waals surface area contributed by atoms with Gasteiger partial charge in [0.2, 0.25) is 0 Å². The van der Waals surface area contributed by atoms with Crippen LogP contribution in [0.15, 0.2) is 40.9 Å². The topological polar surface area (TPSA) is 73.6 Å². The van der Waals surface area contributed by atoms with Crippen LogP contribution in [0, 0.1) is 0 Å². The van der Waals surface area contributed by atoms with Gasteiger partial charge in [0.25, 0.3) is 5.91 Å². The predicted molar refractivity (Wildman–Crippen MR) is 86.1 cm³/mol. The van der Waals surface area contributed by atoms with Gasteiger partial charge in [0, 0.05) is 17.4 Å². The van der Waals surface area contributed by atoms with E-state index < -0.39 is 0 Å². The third kappa shape index (κ3) is 3.46. The van der Waals surface area contributed by atoms with Crippen molar-refractivity contribution in [1.82, 2.24) is 0 Å². The smallest absolute Gasteiger partial charge is 0.259 e.